The summed E-state index contributed by atoms with van der Waals surface area (Å²) in [7, 11) is 1.31. The summed E-state index contributed by atoms with van der Waals surface area (Å²) >= 11 is 1.37. The van der Waals surface area contributed by atoms with E-state index in [4.69, 9.17) is 9.15 Å². The second kappa shape index (κ2) is 9.44. The fraction of sp³-hybridized carbons (Fsp3) is 0.261. The van der Waals surface area contributed by atoms with Gasteiger partial charge in [-0.15, -0.1) is 0 Å². The van der Waals surface area contributed by atoms with Crippen molar-refractivity contribution in [2.45, 2.75) is 32.4 Å². The number of thioether (sulfide) groups is 1. The number of furan rings is 1. The van der Waals surface area contributed by atoms with E-state index in [9.17, 15) is 14.0 Å². The third kappa shape index (κ3) is 4.34. The fourth-order valence-electron chi connectivity index (χ4n) is 3.73. The number of rotatable bonds is 7. The van der Waals surface area contributed by atoms with Gasteiger partial charge in [0.15, 0.2) is 5.17 Å². The zero-order valence-electron chi connectivity index (χ0n) is 17.6. The number of hydrogen-bond donors (Lipinski definition) is 1. The third-order valence-corrected chi connectivity index (χ3v) is 6.06. The van der Waals surface area contributed by atoms with E-state index >= 15 is 0 Å². The lowest BCUT2D eigenvalue weighted by Gasteiger charge is -2.36. The summed E-state index contributed by atoms with van der Waals surface area (Å²) in [5, 5.41) is 5.30. The molecule has 1 atom stereocenters. The Morgan fingerprint density at radius 3 is 2.84 bits per heavy atom. The molecular weight excluding hydrogens is 433 g/mol. The van der Waals surface area contributed by atoms with Crippen LogP contribution in [0.2, 0.25) is 0 Å². The van der Waals surface area contributed by atoms with Crippen LogP contribution in [0.25, 0.3) is 0 Å². The number of halogens is 1. The SMILES string of the molecule is CCC1=C(C(=O)OC)C(c2cccc(F)c2)N2C(CC(=O)NCc3ccco3)=CSC2=N1. The second-order valence-corrected chi connectivity index (χ2v) is 8.02. The van der Waals surface area contributed by atoms with Crippen molar-refractivity contribution in [1.29, 1.82) is 0 Å². The highest BCUT2D eigenvalue weighted by Crippen LogP contribution is 2.45. The van der Waals surface area contributed by atoms with Gasteiger partial charge in [-0.25, -0.2) is 14.2 Å². The number of nitrogens with zero attached hydrogens (tertiary/aromatic N) is 2. The number of amidine groups is 1. The van der Waals surface area contributed by atoms with Gasteiger partial charge in [0.1, 0.15) is 11.6 Å². The number of amides is 1. The molecule has 3 heterocycles. The predicted octanol–water partition coefficient (Wildman–Crippen LogP) is 4.26. The number of carbonyl (C=O) groups is 2. The van der Waals surface area contributed by atoms with Gasteiger partial charge in [0.05, 0.1) is 43.7 Å². The van der Waals surface area contributed by atoms with Crippen LogP contribution >= 0.6 is 11.8 Å². The maximum Gasteiger partial charge on any atom is 0.338 e. The maximum atomic E-state index is 14.1. The van der Waals surface area contributed by atoms with Gasteiger partial charge in [0.2, 0.25) is 5.91 Å². The molecule has 32 heavy (non-hydrogen) atoms. The van der Waals surface area contributed by atoms with Crippen LogP contribution in [-0.4, -0.2) is 29.1 Å². The van der Waals surface area contributed by atoms with Gasteiger partial charge in [-0.1, -0.05) is 30.8 Å². The molecule has 0 radical (unpaired) electrons. The molecule has 2 aliphatic heterocycles. The van der Waals surface area contributed by atoms with Crippen molar-refractivity contribution in [3.05, 3.63) is 82.2 Å². The minimum absolute atomic E-state index is 0.0639. The highest BCUT2D eigenvalue weighted by atomic mass is 32.2. The van der Waals surface area contributed by atoms with Crippen LogP contribution in [0.1, 0.15) is 37.1 Å². The Hall–Kier alpha value is -3.33. The van der Waals surface area contributed by atoms with E-state index in [2.05, 4.69) is 10.3 Å². The van der Waals surface area contributed by atoms with Crippen molar-refractivity contribution in [2.24, 2.45) is 4.99 Å². The number of fused-ring (bicyclic) bond motifs is 1. The van der Waals surface area contributed by atoms with Crippen molar-refractivity contribution >= 4 is 28.8 Å². The summed E-state index contributed by atoms with van der Waals surface area (Å²) in [6.45, 7) is 2.17. The molecule has 1 aromatic heterocycles. The first-order valence-electron chi connectivity index (χ1n) is 10.1. The number of carbonyl (C=O) groups excluding carboxylic acids is 2. The van der Waals surface area contributed by atoms with Gasteiger partial charge < -0.3 is 19.4 Å². The molecule has 0 fully saturated rings. The lowest BCUT2D eigenvalue weighted by atomic mass is 9.93. The van der Waals surface area contributed by atoms with Crippen LogP contribution in [0.15, 0.2) is 74.4 Å². The Morgan fingerprint density at radius 2 is 2.16 bits per heavy atom. The van der Waals surface area contributed by atoms with Crippen molar-refractivity contribution in [1.82, 2.24) is 10.2 Å². The Bertz CT molecular complexity index is 1120. The van der Waals surface area contributed by atoms with E-state index in [1.54, 1.807) is 30.5 Å². The number of esters is 1. The van der Waals surface area contributed by atoms with E-state index in [1.165, 1.54) is 31.0 Å². The summed E-state index contributed by atoms with van der Waals surface area (Å²) in [6, 6.07) is 8.97. The van der Waals surface area contributed by atoms with Crippen LogP contribution in [0.3, 0.4) is 0 Å². The standard InChI is InChI=1S/C23H22FN3O4S/c1-3-18-20(22(29)30-2)21(14-6-4-7-15(24)10-14)27-16(13-32-23(27)26-18)11-19(28)25-12-17-8-5-9-31-17/h4-10,13,21H,3,11-12H2,1-2H3,(H,25,28). The van der Waals surface area contributed by atoms with Gasteiger partial charge >= 0.3 is 5.97 Å². The molecule has 1 amide bonds. The van der Waals surface area contributed by atoms with Crippen molar-refractivity contribution < 1.29 is 23.1 Å². The topological polar surface area (TPSA) is 84.1 Å². The monoisotopic (exact) mass is 455 g/mol. The number of nitrogens with one attached hydrogen (secondary N) is 1. The van der Waals surface area contributed by atoms with Gasteiger partial charge in [-0.05, 0) is 41.7 Å². The largest absolute Gasteiger partial charge is 0.467 e. The molecule has 1 aromatic carbocycles. The Labute approximate surface area is 189 Å². The molecule has 0 saturated carbocycles. The molecule has 2 aromatic rings. The number of benzene rings is 1. The molecule has 4 rings (SSSR count). The molecule has 7 nitrogen and oxygen atoms in total. The maximum absolute atomic E-state index is 14.1. The van der Waals surface area contributed by atoms with Gasteiger partial charge in [-0.2, -0.15) is 0 Å². The first-order valence-corrected chi connectivity index (χ1v) is 11.0. The van der Waals surface area contributed by atoms with Gasteiger partial charge in [-0.3, -0.25) is 4.79 Å². The van der Waals surface area contributed by atoms with E-state index in [1.807, 2.05) is 17.2 Å². The first-order chi connectivity index (χ1) is 15.5. The second-order valence-electron chi connectivity index (χ2n) is 7.19. The molecule has 1 N–H and O–H groups in total. The number of aliphatic imine (C=N–C) groups is 1. The average Bonchev–Trinajstić information content (AvgIpc) is 3.46. The van der Waals surface area contributed by atoms with Gasteiger partial charge in [0.25, 0.3) is 0 Å². The summed E-state index contributed by atoms with van der Waals surface area (Å²) < 4.78 is 24.4. The quantitative estimate of drug-likeness (QED) is 0.628. The summed E-state index contributed by atoms with van der Waals surface area (Å²) in [5.41, 5.74) is 2.17. The molecule has 0 spiro atoms. The zero-order valence-corrected chi connectivity index (χ0v) is 18.4. The van der Waals surface area contributed by atoms with Crippen LogP contribution in [0.4, 0.5) is 4.39 Å². The van der Waals surface area contributed by atoms with E-state index in [-0.39, 0.29) is 18.9 Å². The number of ether oxygens (including phenoxy) is 1. The molecular formula is C23H22FN3O4S. The normalized spacial score (nSPS) is 17.6. The van der Waals surface area contributed by atoms with E-state index in [0.29, 0.717) is 39.9 Å². The molecule has 9 heteroatoms. The molecule has 0 saturated heterocycles. The van der Waals surface area contributed by atoms with Crippen LogP contribution in [0.5, 0.6) is 0 Å². The number of methoxy groups -OCH3 is 1. The zero-order chi connectivity index (χ0) is 22.7. The first kappa shape index (κ1) is 21.9. The van der Waals surface area contributed by atoms with Crippen molar-refractivity contribution in [2.75, 3.05) is 7.11 Å². The van der Waals surface area contributed by atoms with E-state index < -0.39 is 17.8 Å². The Morgan fingerprint density at radius 1 is 1.31 bits per heavy atom. The smallest absolute Gasteiger partial charge is 0.338 e. The van der Waals surface area contributed by atoms with E-state index in [0.717, 1.165) is 0 Å². The summed E-state index contributed by atoms with van der Waals surface area (Å²) in [4.78, 5) is 31.9. The summed E-state index contributed by atoms with van der Waals surface area (Å²) in [6.07, 6.45) is 2.12. The number of allylic oxidation sites excluding steroid dienone is 1. The highest BCUT2D eigenvalue weighted by molar-refractivity contribution is 8.16. The minimum Gasteiger partial charge on any atom is -0.467 e. The fourth-order valence-corrected chi connectivity index (χ4v) is 4.67. The minimum atomic E-state index is -0.653. The lowest BCUT2D eigenvalue weighted by Crippen LogP contribution is -2.38. The summed E-state index contributed by atoms with van der Waals surface area (Å²) in [5.74, 6) is -0.508. The van der Waals surface area contributed by atoms with Gasteiger partial charge in [0, 0.05) is 5.70 Å². The van der Waals surface area contributed by atoms with Crippen LogP contribution < -0.4 is 5.32 Å². The number of hydrogen-bond acceptors (Lipinski definition) is 7. The highest BCUT2D eigenvalue weighted by Gasteiger charge is 2.41. The Kier molecular flexibility index (Phi) is 6.45. The average molecular weight is 456 g/mol. The van der Waals surface area contributed by atoms with Crippen molar-refractivity contribution in [3.8, 4) is 0 Å². The van der Waals surface area contributed by atoms with Crippen LogP contribution in [0, 0.1) is 5.82 Å². The molecule has 1 unspecified atom stereocenters. The molecule has 2 aliphatic rings. The molecule has 166 valence electrons. The third-order valence-electron chi connectivity index (χ3n) is 5.18. The lowest BCUT2D eigenvalue weighted by molar-refractivity contribution is -0.136. The Balaban J connectivity index is 1.66. The van der Waals surface area contributed by atoms with Crippen LogP contribution in [-0.2, 0) is 20.9 Å². The molecule has 0 bridgehead atoms. The molecule has 0 aliphatic carbocycles. The predicted molar refractivity (Wildman–Crippen MR) is 119 cm³/mol. The van der Waals surface area contributed by atoms with Crippen molar-refractivity contribution in [3.63, 3.8) is 0 Å².